The Labute approximate surface area is 284 Å². The van der Waals surface area contributed by atoms with Crippen molar-refractivity contribution in [2.24, 2.45) is 0 Å². The minimum Gasteiger partial charge on any atom is -0.509 e. The van der Waals surface area contributed by atoms with Crippen LogP contribution in [0, 0.1) is 12.1 Å². The van der Waals surface area contributed by atoms with Gasteiger partial charge >= 0.3 is 21.1 Å². The maximum absolute atomic E-state index is 8.06. The number of aromatic nitrogens is 2. The summed E-state index contributed by atoms with van der Waals surface area (Å²) in [4.78, 5) is 8.22. The van der Waals surface area contributed by atoms with Crippen LogP contribution in [-0.4, -0.2) is 23.2 Å². The second kappa shape index (κ2) is 11.4. The predicted octanol–water partition coefficient (Wildman–Crippen LogP) is 9.71. The van der Waals surface area contributed by atoms with Gasteiger partial charge in [0.25, 0.3) is 0 Å². The second-order valence-corrected chi connectivity index (χ2v) is 13.5. The number of nitrogens with zero attached hydrogens (tertiary/aromatic N) is 4. The summed E-state index contributed by atoms with van der Waals surface area (Å²) in [6.45, 7) is 11.2. The van der Waals surface area contributed by atoms with Crippen molar-refractivity contribution in [2.75, 3.05) is 23.4 Å². The first-order chi connectivity index (χ1) is 22.2. The Hall–Kier alpha value is -4.08. The third kappa shape index (κ3) is 5.64. The monoisotopic (exact) mass is 776 g/mol. The van der Waals surface area contributed by atoms with Crippen molar-refractivity contribution >= 4 is 38.9 Å². The summed E-state index contributed by atoms with van der Waals surface area (Å²) in [6, 6.07) is 35.1. The van der Waals surface area contributed by atoms with Crippen LogP contribution in [0.4, 0.5) is 17.1 Å². The van der Waals surface area contributed by atoms with Gasteiger partial charge in [0.15, 0.2) is 0 Å². The molecule has 0 aliphatic carbocycles. The van der Waals surface area contributed by atoms with Crippen LogP contribution in [0.2, 0.25) is 0 Å². The van der Waals surface area contributed by atoms with E-state index >= 15 is 0 Å². The van der Waals surface area contributed by atoms with Crippen molar-refractivity contribution < 1.29 is 29.9 Å². The van der Waals surface area contributed by atoms with Gasteiger partial charge < -0.3 is 19.1 Å². The molecule has 0 radical (unpaired) electrons. The predicted molar refractivity (Wildman–Crippen MR) is 182 cm³/mol. The van der Waals surface area contributed by atoms with E-state index in [2.05, 4.69) is 94.6 Å². The van der Waals surface area contributed by atoms with Crippen LogP contribution in [0.25, 0.3) is 27.6 Å². The van der Waals surface area contributed by atoms with Gasteiger partial charge in [-0.15, -0.1) is 35.7 Å². The molecule has 0 atom stereocenters. The Kier molecular flexibility index (Phi) is 6.89. The van der Waals surface area contributed by atoms with Gasteiger partial charge in [-0.25, -0.2) is 4.98 Å². The standard InChI is InChI=1S/C39H38N4O.Pt/c1-38(2,3)26-15-17-31-32-18-16-30(24-36(32)43(35(31)21-26)37-22-27(19-20-40-37)39(4,5)6)44-29-12-10-11-28(23-29)42-25-41(7)33-13-8-9-14-34(33)42;/h8-22H,25H2,1-7H3;/q-2;+2/i7D3;. The molecule has 7 rings (SSSR count). The Bertz CT molecular complexity index is 2140. The maximum Gasteiger partial charge on any atom is 2.00 e. The average Bonchev–Trinajstić information content (AvgIpc) is 3.56. The summed E-state index contributed by atoms with van der Waals surface area (Å²) in [5.41, 5.74) is 6.52. The van der Waals surface area contributed by atoms with E-state index in [1.54, 1.807) is 0 Å². The van der Waals surface area contributed by atoms with Crippen LogP contribution in [0.1, 0.15) is 56.8 Å². The summed E-state index contributed by atoms with van der Waals surface area (Å²) in [7, 11) is 0. The molecule has 2 aromatic heterocycles. The molecule has 0 N–H and O–H groups in total. The molecule has 0 unspecified atom stereocenters. The third-order valence-corrected chi connectivity index (χ3v) is 8.37. The summed E-state index contributed by atoms with van der Waals surface area (Å²) in [5.74, 6) is 1.88. The van der Waals surface area contributed by atoms with Crippen LogP contribution in [-0.2, 0) is 31.9 Å². The Balaban J connectivity index is 0.00000401. The fourth-order valence-corrected chi connectivity index (χ4v) is 5.89. The van der Waals surface area contributed by atoms with Crippen molar-refractivity contribution in [3.63, 3.8) is 0 Å². The first-order valence-electron chi connectivity index (χ1n) is 16.5. The Morgan fingerprint density at radius 3 is 2.22 bits per heavy atom. The number of hydrogen-bond donors (Lipinski definition) is 0. The number of anilines is 3. The van der Waals surface area contributed by atoms with E-state index in [1.807, 2.05) is 59.6 Å². The topological polar surface area (TPSA) is 33.5 Å². The second-order valence-electron chi connectivity index (χ2n) is 13.5. The third-order valence-electron chi connectivity index (χ3n) is 8.37. The Morgan fingerprint density at radius 2 is 1.47 bits per heavy atom. The molecular weight excluding hydrogens is 736 g/mol. The summed E-state index contributed by atoms with van der Waals surface area (Å²) < 4.78 is 32.8. The van der Waals surface area contributed by atoms with Crippen LogP contribution in [0.3, 0.4) is 0 Å². The smallest absolute Gasteiger partial charge is 0.509 e. The molecule has 6 heteroatoms. The minimum absolute atomic E-state index is 0. The Morgan fingerprint density at radius 1 is 0.756 bits per heavy atom. The molecule has 6 aromatic rings. The van der Waals surface area contributed by atoms with Crippen molar-refractivity contribution in [3.05, 3.63) is 114 Å². The zero-order valence-electron chi connectivity index (χ0n) is 29.4. The van der Waals surface area contributed by atoms with E-state index in [0.717, 1.165) is 39.0 Å². The van der Waals surface area contributed by atoms with Crippen molar-refractivity contribution in [1.82, 2.24) is 9.55 Å². The molecular formula is C39H38N4OPt. The largest absolute Gasteiger partial charge is 2.00 e. The first-order valence-corrected chi connectivity index (χ1v) is 15.0. The van der Waals surface area contributed by atoms with E-state index < -0.39 is 6.98 Å². The number of pyridine rings is 1. The van der Waals surface area contributed by atoms with Crippen molar-refractivity contribution in [2.45, 2.75) is 52.4 Å². The van der Waals surface area contributed by atoms with E-state index in [1.165, 1.54) is 16.0 Å². The fourth-order valence-electron chi connectivity index (χ4n) is 5.89. The average molecular weight is 777 g/mol. The maximum atomic E-state index is 8.06. The molecule has 0 saturated carbocycles. The molecule has 45 heavy (non-hydrogen) atoms. The molecule has 0 saturated heterocycles. The number of benzene rings is 4. The van der Waals surface area contributed by atoms with Gasteiger partial charge in [0.2, 0.25) is 0 Å². The summed E-state index contributed by atoms with van der Waals surface area (Å²) in [5, 5.41) is 2.19. The van der Waals surface area contributed by atoms with Crippen LogP contribution >= 0.6 is 0 Å². The van der Waals surface area contributed by atoms with Crippen molar-refractivity contribution in [3.8, 4) is 17.3 Å². The molecule has 5 nitrogen and oxygen atoms in total. The zero-order chi connectivity index (χ0) is 33.3. The van der Waals surface area contributed by atoms with E-state index in [0.29, 0.717) is 17.2 Å². The van der Waals surface area contributed by atoms with Crippen LogP contribution in [0.15, 0.2) is 91.1 Å². The number of hydrogen-bond acceptors (Lipinski definition) is 4. The fraction of sp³-hybridized carbons (Fsp3) is 0.256. The van der Waals surface area contributed by atoms with Gasteiger partial charge in [0.1, 0.15) is 5.82 Å². The molecule has 3 heterocycles. The number of para-hydroxylation sites is 2. The molecule has 0 spiro atoms. The number of rotatable bonds is 4. The van der Waals surface area contributed by atoms with Gasteiger partial charge in [-0.1, -0.05) is 77.0 Å². The summed E-state index contributed by atoms with van der Waals surface area (Å²) >= 11 is 0. The van der Waals surface area contributed by atoms with Gasteiger partial charge in [-0.3, -0.25) is 0 Å². The van der Waals surface area contributed by atoms with Gasteiger partial charge in [0, 0.05) is 34.3 Å². The summed E-state index contributed by atoms with van der Waals surface area (Å²) in [6.07, 6.45) is 1.88. The molecule has 0 amide bonds. The first kappa shape index (κ1) is 27.2. The minimum atomic E-state index is -2.27. The SMILES string of the molecule is [2H]C([2H])([2H])N1CN(c2[c-]c(Oc3[c-]c4c(cc3)c3ccc(C(C)(C)C)cc3n4-c3cc(C(C)(C)C)ccn3)ccc2)c2ccccc21.[Pt+2]. The zero-order valence-corrected chi connectivity index (χ0v) is 28.7. The van der Waals surface area contributed by atoms with Crippen molar-refractivity contribution in [1.29, 1.82) is 0 Å². The molecule has 1 aliphatic heterocycles. The van der Waals surface area contributed by atoms with Crippen LogP contribution < -0.4 is 14.5 Å². The molecule has 0 fully saturated rings. The normalized spacial score (nSPS) is 14.6. The van der Waals surface area contributed by atoms with Gasteiger partial charge in [-0.05, 0) is 57.7 Å². The van der Waals surface area contributed by atoms with Gasteiger partial charge in [-0.2, -0.15) is 12.1 Å². The molecule has 1 aliphatic rings. The quantitative estimate of drug-likeness (QED) is 0.167. The van der Waals surface area contributed by atoms with E-state index in [9.17, 15) is 0 Å². The molecule has 0 bridgehead atoms. The number of ether oxygens (including phenoxy) is 1. The van der Waals surface area contributed by atoms with Crippen LogP contribution in [0.5, 0.6) is 11.5 Å². The molecule has 230 valence electrons. The van der Waals surface area contributed by atoms with Gasteiger partial charge in [0.05, 0.1) is 18.0 Å². The van der Waals surface area contributed by atoms with E-state index in [4.69, 9.17) is 13.8 Å². The van der Waals surface area contributed by atoms with E-state index in [-0.39, 0.29) is 38.6 Å². The molecule has 4 aromatic carbocycles. The number of fused-ring (bicyclic) bond motifs is 4.